The lowest BCUT2D eigenvalue weighted by Gasteiger charge is -2.24. The van der Waals surface area contributed by atoms with E-state index >= 15 is 0 Å². The number of amides is 1. The van der Waals surface area contributed by atoms with Gasteiger partial charge in [0.25, 0.3) is 0 Å². The monoisotopic (exact) mass is 288 g/mol. The smallest absolute Gasteiger partial charge is 0.220 e. The van der Waals surface area contributed by atoms with Crippen molar-refractivity contribution in [1.29, 1.82) is 0 Å². The zero-order valence-electron chi connectivity index (χ0n) is 12.2. The van der Waals surface area contributed by atoms with Gasteiger partial charge in [-0.05, 0) is 25.8 Å². The van der Waals surface area contributed by atoms with Gasteiger partial charge in [0.1, 0.15) is 11.6 Å². The molecule has 0 fully saturated rings. The molecule has 0 aromatic carbocycles. The van der Waals surface area contributed by atoms with E-state index < -0.39 is 0 Å². The summed E-state index contributed by atoms with van der Waals surface area (Å²) in [5.41, 5.74) is 0. The highest BCUT2D eigenvalue weighted by atomic mass is 16.1. The van der Waals surface area contributed by atoms with E-state index in [-0.39, 0.29) is 11.9 Å². The molecule has 1 N–H and O–H groups in total. The summed E-state index contributed by atoms with van der Waals surface area (Å²) in [5, 5.41) is 15.5. The van der Waals surface area contributed by atoms with E-state index in [1.807, 2.05) is 23.9 Å². The topological polar surface area (TPSA) is 77.6 Å². The molecule has 1 amide bonds. The molecule has 0 bridgehead atoms. The Kier molecular flexibility index (Phi) is 3.98. The first kappa shape index (κ1) is 13.8. The van der Waals surface area contributed by atoms with Crippen LogP contribution in [0.15, 0.2) is 18.5 Å². The van der Waals surface area contributed by atoms with Gasteiger partial charge in [0, 0.05) is 44.4 Å². The van der Waals surface area contributed by atoms with Crippen molar-refractivity contribution < 1.29 is 4.79 Å². The quantitative estimate of drug-likeness (QED) is 0.878. The van der Waals surface area contributed by atoms with Gasteiger partial charge >= 0.3 is 0 Å². The molecule has 1 atom stereocenters. The minimum Gasteiger partial charge on any atom is -0.352 e. The van der Waals surface area contributed by atoms with Crippen molar-refractivity contribution >= 4 is 5.91 Å². The molecule has 7 heteroatoms. The van der Waals surface area contributed by atoms with Crippen molar-refractivity contribution in [3.05, 3.63) is 30.1 Å². The molecule has 7 nitrogen and oxygen atoms in total. The second-order valence-electron chi connectivity index (χ2n) is 5.45. The van der Waals surface area contributed by atoms with E-state index in [0.29, 0.717) is 6.42 Å². The summed E-state index contributed by atoms with van der Waals surface area (Å²) in [6, 6.07) is 2.07. The van der Waals surface area contributed by atoms with E-state index in [1.54, 1.807) is 6.20 Å². The molecule has 0 spiro atoms. The van der Waals surface area contributed by atoms with Crippen molar-refractivity contribution in [2.24, 2.45) is 0 Å². The van der Waals surface area contributed by atoms with E-state index in [9.17, 15) is 4.79 Å². The molecule has 0 radical (unpaired) electrons. The highest BCUT2D eigenvalue weighted by Crippen LogP contribution is 2.14. The van der Waals surface area contributed by atoms with Crippen LogP contribution in [0.1, 0.15) is 30.9 Å². The molecule has 2 aromatic heterocycles. The van der Waals surface area contributed by atoms with Gasteiger partial charge in [-0.25, -0.2) is 0 Å². The number of rotatable bonds is 5. The van der Waals surface area contributed by atoms with Crippen molar-refractivity contribution in [3.63, 3.8) is 0 Å². The van der Waals surface area contributed by atoms with Gasteiger partial charge in [0.2, 0.25) is 5.91 Å². The number of carbonyl (C=O) groups excluding carboxylic acids is 1. The van der Waals surface area contributed by atoms with Gasteiger partial charge in [-0.1, -0.05) is 0 Å². The Balaban J connectivity index is 1.44. The fourth-order valence-corrected chi connectivity index (χ4v) is 2.71. The average Bonchev–Trinajstić information content (AvgIpc) is 3.10. The predicted octanol–water partition coefficient (Wildman–Crippen LogP) is 0.694. The SMILES string of the molecule is Cc1nnc2n1C[C@H](NC(=O)CCCn1cccn1)CC2. The van der Waals surface area contributed by atoms with Crippen LogP contribution in [0.2, 0.25) is 0 Å². The van der Waals surface area contributed by atoms with Crippen LogP contribution in [-0.4, -0.2) is 36.5 Å². The first-order chi connectivity index (χ1) is 10.2. The highest BCUT2D eigenvalue weighted by Gasteiger charge is 2.22. The molecule has 0 unspecified atom stereocenters. The number of hydrogen-bond donors (Lipinski definition) is 1. The van der Waals surface area contributed by atoms with Crippen LogP contribution in [0.4, 0.5) is 0 Å². The summed E-state index contributed by atoms with van der Waals surface area (Å²) in [6.45, 7) is 3.50. The fraction of sp³-hybridized carbons (Fsp3) is 0.571. The average molecular weight is 288 g/mol. The van der Waals surface area contributed by atoms with Gasteiger partial charge < -0.3 is 9.88 Å². The Morgan fingerprint density at radius 2 is 2.38 bits per heavy atom. The van der Waals surface area contributed by atoms with Crippen LogP contribution in [0.5, 0.6) is 0 Å². The third-order valence-corrected chi connectivity index (χ3v) is 3.85. The molecule has 0 aliphatic carbocycles. The van der Waals surface area contributed by atoms with E-state index in [4.69, 9.17) is 0 Å². The van der Waals surface area contributed by atoms with Crippen molar-refractivity contribution in [2.75, 3.05) is 0 Å². The lowest BCUT2D eigenvalue weighted by Crippen LogP contribution is -2.41. The molecule has 2 aromatic rings. The summed E-state index contributed by atoms with van der Waals surface area (Å²) >= 11 is 0. The summed E-state index contributed by atoms with van der Waals surface area (Å²) in [7, 11) is 0. The number of carbonyl (C=O) groups is 1. The van der Waals surface area contributed by atoms with Crippen molar-refractivity contribution in [1.82, 2.24) is 29.9 Å². The van der Waals surface area contributed by atoms with Gasteiger partial charge in [-0.3, -0.25) is 9.48 Å². The third-order valence-electron chi connectivity index (χ3n) is 3.85. The van der Waals surface area contributed by atoms with Crippen LogP contribution < -0.4 is 5.32 Å². The molecular formula is C14H20N6O. The van der Waals surface area contributed by atoms with Crippen molar-refractivity contribution in [2.45, 2.75) is 51.7 Å². The Hall–Kier alpha value is -2.18. The second kappa shape index (κ2) is 6.07. The number of nitrogens with zero attached hydrogens (tertiary/aromatic N) is 5. The van der Waals surface area contributed by atoms with Crippen LogP contribution in [-0.2, 0) is 24.3 Å². The molecule has 1 aliphatic heterocycles. The van der Waals surface area contributed by atoms with Gasteiger partial charge in [0.15, 0.2) is 0 Å². The molecule has 1 aliphatic rings. The Labute approximate surface area is 123 Å². The molecule has 0 saturated carbocycles. The first-order valence-corrected chi connectivity index (χ1v) is 7.38. The van der Waals surface area contributed by atoms with Crippen molar-refractivity contribution in [3.8, 4) is 0 Å². The highest BCUT2D eigenvalue weighted by molar-refractivity contribution is 5.76. The van der Waals surface area contributed by atoms with Crippen LogP contribution in [0.25, 0.3) is 0 Å². The first-order valence-electron chi connectivity index (χ1n) is 7.38. The maximum absolute atomic E-state index is 12.0. The van der Waals surface area contributed by atoms with Crippen LogP contribution in [0.3, 0.4) is 0 Å². The van der Waals surface area contributed by atoms with Gasteiger partial charge in [0.05, 0.1) is 0 Å². The molecule has 3 rings (SSSR count). The normalized spacial score (nSPS) is 17.5. The van der Waals surface area contributed by atoms with E-state index in [0.717, 1.165) is 44.0 Å². The number of aromatic nitrogens is 5. The number of nitrogens with one attached hydrogen (secondary N) is 1. The molecule has 21 heavy (non-hydrogen) atoms. The Morgan fingerprint density at radius 1 is 1.48 bits per heavy atom. The zero-order valence-corrected chi connectivity index (χ0v) is 12.2. The van der Waals surface area contributed by atoms with Gasteiger partial charge in [-0.2, -0.15) is 5.10 Å². The second-order valence-corrected chi connectivity index (χ2v) is 5.45. The minimum atomic E-state index is 0.112. The van der Waals surface area contributed by atoms with Crippen LogP contribution in [0, 0.1) is 6.92 Å². The molecular weight excluding hydrogens is 268 g/mol. The third kappa shape index (κ3) is 3.29. The van der Waals surface area contributed by atoms with E-state index in [1.165, 1.54) is 0 Å². The molecule has 3 heterocycles. The maximum Gasteiger partial charge on any atom is 0.220 e. The minimum absolute atomic E-state index is 0.112. The predicted molar refractivity (Wildman–Crippen MR) is 76.5 cm³/mol. The van der Waals surface area contributed by atoms with Crippen LogP contribution >= 0.6 is 0 Å². The Bertz CT molecular complexity index is 603. The number of hydrogen-bond acceptors (Lipinski definition) is 4. The summed E-state index contributed by atoms with van der Waals surface area (Å²) in [4.78, 5) is 12.0. The largest absolute Gasteiger partial charge is 0.352 e. The molecule has 112 valence electrons. The lowest BCUT2D eigenvalue weighted by atomic mass is 10.1. The van der Waals surface area contributed by atoms with E-state index in [2.05, 4.69) is 25.2 Å². The molecule has 0 saturated heterocycles. The summed E-state index contributed by atoms with van der Waals surface area (Å²) < 4.78 is 3.94. The lowest BCUT2D eigenvalue weighted by molar-refractivity contribution is -0.122. The number of fused-ring (bicyclic) bond motifs is 1. The fourth-order valence-electron chi connectivity index (χ4n) is 2.71. The maximum atomic E-state index is 12.0. The van der Waals surface area contributed by atoms with Gasteiger partial charge in [-0.15, -0.1) is 10.2 Å². The summed E-state index contributed by atoms with van der Waals surface area (Å²) in [5.74, 6) is 2.06. The summed E-state index contributed by atoms with van der Waals surface area (Å²) in [6.07, 6.45) is 6.81. The Morgan fingerprint density at radius 3 is 3.19 bits per heavy atom. The zero-order chi connectivity index (χ0) is 14.7. The standard InChI is InChI=1S/C14H20N6O/c1-11-17-18-13-6-5-12(10-20(11)13)16-14(21)4-2-8-19-9-3-7-15-19/h3,7,9,12H,2,4-6,8,10H2,1H3,(H,16,21)/t12-/m1/s1. The number of aryl methyl sites for hydroxylation is 3.